The average Bonchev–Trinajstić information content (AvgIpc) is 3.26. The zero-order chi connectivity index (χ0) is 22.5. The van der Waals surface area contributed by atoms with Gasteiger partial charge in [-0.25, -0.2) is 15.0 Å². The van der Waals surface area contributed by atoms with Crippen LogP contribution in [-0.4, -0.2) is 33.8 Å². The van der Waals surface area contributed by atoms with Crippen LogP contribution in [0, 0.1) is 12.8 Å². The molecule has 32 heavy (non-hydrogen) atoms. The van der Waals surface area contributed by atoms with E-state index >= 15 is 0 Å². The summed E-state index contributed by atoms with van der Waals surface area (Å²) in [4.78, 5) is 27.9. The van der Waals surface area contributed by atoms with Crippen LogP contribution in [0.1, 0.15) is 18.4 Å². The second-order valence-electron chi connectivity index (χ2n) is 7.81. The minimum Gasteiger partial charge on any atom is -0.347 e. The lowest BCUT2D eigenvalue weighted by Crippen LogP contribution is -2.20. The van der Waals surface area contributed by atoms with Crippen molar-refractivity contribution in [1.29, 1.82) is 0 Å². The Labute approximate surface area is 196 Å². The molecule has 1 aliphatic carbocycles. The van der Waals surface area contributed by atoms with Crippen molar-refractivity contribution in [3.05, 3.63) is 72.1 Å². The van der Waals surface area contributed by atoms with E-state index in [1.54, 1.807) is 17.5 Å². The highest BCUT2D eigenvalue weighted by Crippen LogP contribution is 2.31. The second kappa shape index (κ2) is 10.1. The van der Waals surface area contributed by atoms with Crippen LogP contribution in [0.25, 0.3) is 10.6 Å². The Bertz CT molecular complexity index is 1170. The largest absolute Gasteiger partial charge is 0.347 e. The predicted molar refractivity (Wildman–Crippen MR) is 132 cm³/mol. The molecule has 0 spiro atoms. The number of hydrogen-bond acceptors (Lipinski definition) is 7. The summed E-state index contributed by atoms with van der Waals surface area (Å²) in [5.74, 6) is 1.71. The van der Waals surface area contributed by atoms with Crippen LogP contribution in [0.5, 0.6) is 0 Å². The van der Waals surface area contributed by atoms with Crippen molar-refractivity contribution in [3.8, 4) is 10.6 Å². The zero-order valence-electron chi connectivity index (χ0n) is 18.0. The number of nitrogens with zero attached hydrogens (tertiary/aromatic N) is 4. The molecule has 3 heterocycles. The zero-order valence-corrected chi connectivity index (χ0v) is 19.5. The monoisotopic (exact) mass is 465 g/mol. The number of aromatic nitrogens is 3. The summed E-state index contributed by atoms with van der Waals surface area (Å²) in [5, 5.41) is 3.90. The lowest BCUT2D eigenvalue weighted by atomic mass is 9.94. The third kappa shape index (κ3) is 5.81. The van der Waals surface area contributed by atoms with Crippen molar-refractivity contribution < 1.29 is 4.79 Å². The number of nitrogens with one attached hydrogen (secondary N) is 1. The minimum atomic E-state index is -0.285. The van der Waals surface area contributed by atoms with E-state index in [9.17, 15) is 4.79 Å². The first-order valence-electron chi connectivity index (χ1n) is 10.4. The SMILES string of the molecule is Cc1ccnc(Nc2cccc(-c3cnc(N(C)CC4=CCC(CC(=O)Cl)C=C4)s3)n2)c1. The summed E-state index contributed by atoms with van der Waals surface area (Å²) in [7, 11) is 2.03. The summed E-state index contributed by atoms with van der Waals surface area (Å²) in [6.07, 6.45) is 11.2. The molecule has 0 bridgehead atoms. The lowest BCUT2D eigenvalue weighted by Gasteiger charge is -2.20. The van der Waals surface area contributed by atoms with Crippen LogP contribution in [-0.2, 0) is 4.79 Å². The smallest absolute Gasteiger partial charge is 0.222 e. The Hall–Kier alpha value is -3.03. The van der Waals surface area contributed by atoms with E-state index in [4.69, 9.17) is 16.6 Å². The third-order valence-electron chi connectivity index (χ3n) is 5.10. The number of pyridine rings is 2. The van der Waals surface area contributed by atoms with Gasteiger partial charge in [-0.2, -0.15) is 0 Å². The van der Waals surface area contributed by atoms with Crippen molar-refractivity contribution >= 4 is 44.9 Å². The summed E-state index contributed by atoms with van der Waals surface area (Å²) in [6, 6.07) is 9.83. The predicted octanol–water partition coefficient (Wildman–Crippen LogP) is 5.75. The molecule has 4 rings (SSSR count). The van der Waals surface area contributed by atoms with E-state index in [1.807, 2.05) is 50.5 Å². The van der Waals surface area contributed by atoms with Crippen LogP contribution < -0.4 is 10.2 Å². The molecule has 8 heteroatoms. The molecule has 0 amide bonds. The number of hydrogen-bond donors (Lipinski definition) is 1. The number of rotatable bonds is 8. The molecular formula is C24H24ClN5OS. The van der Waals surface area contributed by atoms with Crippen molar-refractivity contribution in [2.75, 3.05) is 23.8 Å². The second-order valence-corrected chi connectivity index (χ2v) is 9.24. The van der Waals surface area contributed by atoms with E-state index in [0.29, 0.717) is 6.42 Å². The topological polar surface area (TPSA) is 71.0 Å². The van der Waals surface area contributed by atoms with Gasteiger partial charge in [-0.15, -0.1) is 0 Å². The van der Waals surface area contributed by atoms with E-state index < -0.39 is 0 Å². The molecule has 0 aliphatic heterocycles. The molecule has 0 aromatic carbocycles. The first kappa shape index (κ1) is 22.2. The Kier molecular flexibility index (Phi) is 6.97. The van der Waals surface area contributed by atoms with E-state index in [1.165, 1.54) is 5.57 Å². The van der Waals surface area contributed by atoms with Crippen molar-refractivity contribution in [3.63, 3.8) is 0 Å². The Morgan fingerprint density at radius 1 is 1.28 bits per heavy atom. The molecule has 0 saturated heterocycles. The van der Waals surface area contributed by atoms with Crippen LogP contribution in [0.4, 0.5) is 16.8 Å². The Morgan fingerprint density at radius 3 is 2.91 bits per heavy atom. The summed E-state index contributed by atoms with van der Waals surface area (Å²) >= 11 is 7.10. The van der Waals surface area contributed by atoms with Gasteiger partial charge in [0.05, 0.1) is 10.6 Å². The molecule has 6 nitrogen and oxygen atoms in total. The molecule has 0 radical (unpaired) electrons. The van der Waals surface area contributed by atoms with Gasteiger partial charge in [0.25, 0.3) is 0 Å². The lowest BCUT2D eigenvalue weighted by molar-refractivity contribution is -0.112. The number of carbonyl (C=O) groups excluding carboxylic acids is 1. The maximum Gasteiger partial charge on any atom is 0.222 e. The molecule has 0 saturated carbocycles. The number of likely N-dealkylation sites (N-methyl/N-ethyl adjacent to an activating group) is 1. The molecule has 1 atom stereocenters. The fraction of sp³-hybridized carbons (Fsp3) is 0.250. The number of carbonyl (C=O) groups is 1. The third-order valence-corrected chi connectivity index (χ3v) is 6.39. The fourth-order valence-electron chi connectivity index (χ4n) is 3.46. The van der Waals surface area contributed by atoms with Crippen LogP contribution in [0.15, 0.2) is 66.5 Å². The highest BCUT2D eigenvalue weighted by molar-refractivity contribution is 7.18. The maximum atomic E-state index is 11.1. The van der Waals surface area contributed by atoms with Gasteiger partial charge < -0.3 is 10.2 Å². The number of thiazole rings is 1. The summed E-state index contributed by atoms with van der Waals surface area (Å²) in [5.41, 5.74) is 3.21. The van der Waals surface area contributed by atoms with Gasteiger partial charge in [-0.1, -0.05) is 35.6 Å². The Morgan fingerprint density at radius 2 is 2.16 bits per heavy atom. The van der Waals surface area contributed by atoms with E-state index in [-0.39, 0.29) is 11.2 Å². The quantitative estimate of drug-likeness (QED) is 0.427. The first-order chi connectivity index (χ1) is 15.5. The van der Waals surface area contributed by atoms with E-state index in [2.05, 4.69) is 38.4 Å². The fourth-order valence-corrected chi connectivity index (χ4v) is 4.51. The van der Waals surface area contributed by atoms with Crippen molar-refractivity contribution in [1.82, 2.24) is 15.0 Å². The molecule has 1 N–H and O–H groups in total. The standard InChI is InChI=1S/C24H24ClN5OS/c1-16-10-11-26-23(12-16)29-22-5-3-4-19(28-22)20-14-27-24(32-20)30(2)15-18-8-6-17(7-9-18)13-21(25)31/h3-6,8-12,14,17H,7,13,15H2,1-2H3,(H,26,28,29). The summed E-state index contributed by atoms with van der Waals surface area (Å²) < 4.78 is 0. The number of aryl methyl sites for hydroxylation is 1. The molecule has 1 unspecified atom stereocenters. The number of anilines is 3. The minimum absolute atomic E-state index is 0.197. The van der Waals surface area contributed by atoms with Crippen molar-refractivity contribution in [2.24, 2.45) is 5.92 Å². The van der Waals surface area contributed by atoms with Crippen LogP contribution in [0.3, 0.4) is 0 Å². The van der Waals surface area contributed by atoms with E-state index in [0.717, 1.165) is 45.9 Å². The first-order valence-corrected chi connectivity index (χ1v) is 11.6. The normalized spacial score (nSPS) is 15.3. The van der Waals surface area contributed by atoms with Gasteiger partial charge in [0, 0.05) is 32.4 Å². The molecule has 3 aromatic heterocycles. The number of halogens is 1. The molecule has 3 aromatic rings. The maximum absolute atomic E-state index is 11.1. The van der Waals surface area contributed by atoms with Crippen LogP contribution in [0.2, 0.25) is 0 Å². The number of allylic oxidation sites excluding steroid dienone is 2. The van der Waals surface area contributed by atoms with Crippen molar-refractivity contribution in [2.45, 2.75) is 19.8 Å². The van der Waals surface area contributed by atoms with Gasteiger partial charge >= 0.3 is 0 Å². The molecule has 1 aliphatic rings. The Balaban J connectivity index is 1.41. The highest BCUT2D eigenvalue weighted by atomic mass is 35.5. The van der Waals surface area contributed by atoms with Gasteiger partial charge in [0.2, 0.25) is 5.24 Å². The van der Waals surface area contributed by atoms with Gasteiger partial charge in [0.1, 0.15) is 11.6 Å². The molecule has 0 fully saturated rings. The highest BCUT2D eigenvalue weighted by Gasteiger charge is 2.15. The average molecular weight is 466 g/mol. The van der Waals surface area contributed by atoms with Crippen LogP contribution >= 0.6 is 22.9 Å². The van der Waals surface area contributed by atoms with Gasteiger partial charge in [-0.05, 0) is 66.3 Å². The summed E-state index contributed by atoms with van der Waals surface area (Å²) in [6.45, 7) is 2.78. The van der Waals surface area contributed by atoms with Gasteiger partial charge in [0.15, 0.2) is 5.13 Å². The van der Waals surface area contributed by atoms with Gasteiger partial charge in [-0.3, -0.25) is 4.79 Å². The molecule has 164 valence electrons. The molecular weight excluding hydrogens is 442 g/mol.